The average molecular weight is 276 g/mol. The summed E-state index contributed by atoms with van der Waals surface area (Å²) in [7, 11) is 0. The maximum absolute atomic E-state index is 12.2. The van der Waals surface area contributed by atoms with E-state index in [1.165, 1.54) is 12.8 Å². The molecule has 1 saturated carbocycles. The second kappa shape index (κ2) is 5.55. The molecule has 1 heterocycles. The van der Waals surface area contributed by atoms with Crippen molar-refractivity contribution in [2.75, 3.05) is 26.2 Å². The summed E-state index contributed by atoms with van der Waals surface area (Å²) >= 11 is 4.26. The van der Waals surface area contributed by atoms with Crippen LogP contribution in [0.25, 0.3) is 0 Å². The van der Waals surface area contributed by atoms with Crippen LogP contribution in [0.5, 0.6) is 0 Å². The van der Waals surface area contributed by atoms with Gasteiger partial charge in [0.2, 0.25) is 5.91 Å². The Balaban J connectivity index is 1.51. The lowest BCUT2D eigenvalue weighted by atomic mass is 10.1. The van der Waals surface area contributed by atoms with Gasteiger partial charge in [0.05, 0.1) is 6.42 Å². The van der Waals surface area contributed by atoms with Crippen LogP contribution in [0.3, 0.4) is 0 Å². The third-order valence-corrected chi connectivity index (χ3v) is 4.32. The minimum Gasteiger partial charge on any atom is -0.340 e. The molecule has 102 valence electrons. The fourth-order valence-electron chi connectivity index (χ4n) is 2.68. The van der Waals surface area contributed by atoms with Crippen LogP contribution in [-0.4, -0.2) is 47.9 Å². The van der Waals surface area contributed by atoms with Crippen LogP contribution in [0, 0.1) is 0 Å². The van der Waals surface area contributed by atoms with Crippen molar-refractivity contribution < 1.29 is 4.79 Å². The highest BCUT2D eigenvalue weighted by Gasteiger charge is 2.32. The summed E-state index contributed by atoms with van der Waals surface area (Å²) in [6.45, 7) is 3.87. The molecule has 1 amide bonds. The van der Waals surface area contributed by atoms with Gasteiger partial charge in [-0.2, -0.15) is 0 Å². The number of hydrogen-bond acceptors (Lipinski definition) is 3. The summed E-state index contributed by atoms with van der Waals surface area (Å²) in [4.78, 5) is 17.7. The highest BCUT2D eigenvalue weighted by Crippen LogP contribution is 2.27. The van der Waals surface area contributed by atoms with Crippen molar-refractivity contribution in [2.45, 2.75) is 30.2 Å². The molecule has 1 aromatic carbocycles. The minimum absolute atomic E-state index is 0.252. The summed E-state index contributed by atoms with van der Waals surface area (Å²) < 4.78 is 0. The second-order valence-electron chi connectivity index (χ2n) is 5.49. The summed E-state index contributed by atoms with van der Waals surface area (Å²) in [6, 6.07) is 8.68. The fraction of sp³-hybridized carbons (Fsp3) is 0.533. The van der Waals surface area contributed by atoms with E-state index >= 15 is 0 Å². The van der Waals surface area contributed by atoms with Gasteiger partial charge in [-0.3, -0.25) is 9.69 Å². The van der Waals surface area contributed by atoms with Gasteiger partial charge in [0.25, 0.3) is 0 Å². The van der Waals surface area contributed by atoms with Crippen LogP contribution < -0.4 is 0 Å². The molecule has 19 heavy (non-hydrogen) atoms. The highest BCUT2D eigenvalue weighted by molar-refractivity contribution is 7.80. The molecule has 0 bridgehead atoms. The lowest BCUT2D eigenvalue weighted by Gasteiger charge is -2.34. The molecule has 1 saturated heterocycles. The topological polar surface area (TPSA) is 23.6 Å². The summed E-state index contributed by atoms with van der Waals surface area (Å²) in [5.74, 6) is 0.252. The van der Waals surface area contributed by atoms with Crippen molar-refractivity contribution in [3.63, 3.8) is 0 Å². The van der Waals surface area contributed by atoms with E-state index in [9.17, 15) is 4.79 Å². The van der Waals surface area contributed by atoms with Gasteiger partial charge >= 0.3 is 0 Å². The first-order valence-electron chi connectivity index (χ1n) is 7.02. The number of amides is 1. The molecule has 0 atom stereocenters. The average Bonchev–Trinajstić information content (AvgIpc) is 3.26. The number of carbonyl (C=O) groups excluding carboxylic acids is 1. The predicted octanol–water partition coefficient (Wildman–Crippen LogP) is 1.82. The number of benzene rings is 1. The van der Waals surface area contributed by atoms with Crippen LogP contribution in [0.15, 0.2) is 29.2 Å². The van der Waals surface area contributed by atoms with E-state index in [1.54, 1.807) is 0 Å². The number of rotatable bonds is 3. The monoisotopic (exact) mass is 276 g/mol. The van der Waals surface area contributed by atoms with Gasteiger partial charge in [-0.1, -0.05) is 12.1 Å². The Kier molecular flexibility index (Phi) is 3.80. The normalized spacial score (nSPS) is 20.6. The first kappa shape index (κ1) is 13.0. The zero-order chi connectivity index (χ0) is 13.2. The lowest BCUT2D eigenvalue weighted by molar-refractivity contribution is -0.132. The smallest absolute Gasteiger partial charge is 0.227 e. The third kappa shape index (κ3) is 3.31. The molecule has 1 aliphatic heterocycles. The zero-order valence-electron chi connectivity index (χ0n) is 11.1. The molecule has 4 heteroatoms. The Morgan fingerprint density at radius 2 is 1.74 bits per heavy atom. The maximum Gasteiger partial charge on any atom is 0.227 e. The number of nitrogens with zero attached hydrogens (tertiary/aromatic N) is 2. The van der Waals surface area contributed by atoms with Gasteiger partial charge in [0.15, 0.2) is 0 Å². The number of hydrogen-bond donors (Lipinski definition) is 1. The SMILES string of the molecule is O=C(Cc1ccc(S)cc1)N1CCN(C2CC2)CC1. The van der Waals surface area contributed by atoms with Crippen LogP contribution in [0.4, 0.5) is 0 Å². The van der Waals surface area contributed by atoms with E-state index in [1.807, 2.05) is 29.2 Å². The Bertz CT molecular complexity index is 448. The third-order valence-electron chi connectivity index (χ3n) is 4.02. The largest absolute Gasteiger partial charge is 0.340 e. The highest BCUT2D eigenvalue weighted by atomic mass is 32.1. The molecule has 2 fully saturated rings. The number of thiol groups is 1. The van der Waals surface area contributed by atoms with Gasteiger partial charge < -0.3 is 4.90 Å². The summed E-state index contributed by atoms with van der Waals surface area (Å²) in [5, 5.41) is 0. The molecule has 0 aromatic heterocycles. The van der Waals surface area contributed by atoms with E-state index in [-0.39, 0.29) is 5.91 Å². The lowest BCUT2D eigenvalue weighted by Crippen LogP contribution is -2.49. The molecule has 1 aliphatic carbocycles. The van der Waals surface area contributed by atoms with E-state index in [2.05, 4.69) is 17.5 Å². The van der Waals surface area contributed by atoms with Crippen molar-refractivity contribution in [2.24, 2.45) is 0 Å². The molecular formula is C15H20N2OS. The van der Waals surface area contributed by atoms with Gasteiger partial charge in [0, 0.05) is 37.1 Å². The Hall–Kier alpha value is -1.00. The second-order valence-corrected chi connectivity index (χ2v) is 6.01. The fourth-order valence-corrected chi connectivity index (χ4v) is 2.83. The Labute approximate surface area is 120 Å². The van der Waals surface area contributed by atoms with Crippen LogP contribution in [0.2, 0.25) is 0 Å². The van der Waals surface area contributed by atoms with Gasteiger partial charge in [-0.25, -0.2) is 0 Å². The molecule has 0 spiro atoms. The van der Waals surface area contributed by atoms with Crippen molar-refractivity contribution in [1.29, 1.82) is 0 Å². The van der Waals surface area contributed by atoms with E-state index in [0.29, 0.717) is 6.42 Å². The van der Waals surface area contributed by atoms with Crippen molar-refractivity contribution in [3.8, 4) is 0 Å². The number of piperazine rings is 1. The molecular weight excluding hydrogens is 256 g/mol. The molecule has 0 radical (unpaired) electrons. The summed E-state index contributed by atoms with van der Waals surface area (Å²) in [5.41, 5.74) is 1.08. The molecule has 3 nitrogen and oxygen atoms in total. The van der Waals surface area contributed by atoms with Gasteiger partial charge in [0.1, 0.15) is 0 Å². The molecule has 0 unspecified atom stereocenters. The minimum atomic E-state index is 0.252. The van der Waals surface area contributed by atoms with Crippen LogP contribution in [-0.2, 0) is 11.2 Å². The van der Waals surface area contributed by atoms with E-state index in [4.69, 9.17) is 0 Å². The maximum atomic E-state index is 12.2. The Morgan fingerprint density at radius 1 is 1.11 bits per heavy atom. The van der Waals surface area contributed by atoms with Crippen LogP contribution >= 0.6 is 12.6 Å². The van der Waals surface area contributed by atoms with Crippen molar-refractivity contribution in [1.82, 2.24) is 9.80 Å². The van der Waals surface area contributed by atoms with Crippen molar-refractivity contribution in [3.05, 3.63) is 29.8 Å². The molecule has 2 aliphatic rings. The molecule has 3 rings (SSSR count). The first-order chi connectivity index (χ1) is 9.22. The number of carbonyl (C=O) groups is 1. The van der Waals surface area contributed by atoms with Gasteiger partial charge in [-0.05, 0) is 30.5 Å². The molecule has 1 aromatic rings. The standard InChI is InChI=1S/C15H20N2OS/c18-15(11-12-1-5-14(19)6-2-12)17-9-7-16(8-10-17)13-3-4-13/h1-2,5-6,13,19H,3-4,7-11H2. The van der Waals surface area contributed by atoms with E-state index in [0.717, 1.165) is 42.7 Å². The summed E-state index contributed by atoms with van der Waals surface area (Å²) in [6.07, 6.45) is 3.21. The predicted molar refractivity (Wildman–Crippen MR) is 78.6 cm³/mol. The van der Waals surface area contributed by atoms with Crippen LogP contribution in [0.1, 0.15) is 18.4 Å². The van der Waals surface area contributed by atoms with E-state index < -0.39 is 0 Å². The van der Waals surface area contributed by atoms with Crippen molar-refractivity contribution >= 4 is 18.5 Å². The zero-order valence-corrected chi connectivity index (χ0v) is 12.0. The quantitative estimate of drug-likeness (QED) is 0.851. The Morgan fingerprint density at radius 3 is 2.32 bits per heavy atom. The van der Waals surface area contributed by atoms with Gasteiger partial charge in [-0.15, -0.1) is 12.6 Å². The first-order valence-corrected chi connectivity index (χ1v) is 7.47. The molecule has 0 N–H and O–H groups in total.